The van der Waals surface area contributed by atoms with Crippen molar-refractivity contribution in [3.8, 4) is 0 Å². The molecule has 3 N–H and O–H groups in total. The number of nitrogens with zero attached hydrogens (tertiary/aromatic N) is 5. The summed E-state index contributed by atoms with van der Waals surface area (Å²) in [6, 6.07) is 0.616. The van der Waals surface area contributed by atoms with Gasteiger partial charge in [0.15, 0.2) is 0 Å². The maximum absolute atomic E-state index is 5.55. The van der Waals surface area contributed by atoms with Crippen LogP contribution in [-0.4, -0.2) is 40.6 Å². The first-order valence-corrected chi connectivity index (χ1v) is 8.08. The second-order valence-electron chi connectivity index (χ2n) is 6.42. The van der Waals surface area contributed by atoms with Gasteiger partial charge in [-0.2, -0.15) is 15.0 Å². The van der Waals surface area contributed by atoms with E-state index in [1.165, 1.54) is 38.5 Å². The van der Waals surface area contributed by atoms with E-state index >= 15 is 0 Å². The second kappa shape index (κ2) is 5.29. The molecule has 0 bridgehead atoms. The molecule has 0 spiro atoms. The maximum Gasteiger partial charge on any atom is 0.243 e. The average Bonchev–Trinajstić information content (AvgIpc) is 3.44. The summed E-state index contributed by atoms with van der Waals surface area (Å²) in [5.41, 5.74) is 2.60. The Bertz CT molecular complexity index is 506. The van der Waals surface area contributed by atoms with E-state index < -0.39 is 0 Å². The summed E-state index contributed by atoms with van der Waals surface area (Å²) >= 11 is 0. The van der Waals surface area contributed by atoms with Gasteiger partial charge in [-0.25, -0.2) is 5.84 Å². The van der Waals surface area contributed by atoms with Crippen LogP contribution in [0.5, 0.6) is 0 Å². The summed E-state index contributed by atoms with van der Waals surface area (Å²) in [7, 11) is 0. The largest absolute Gasteiger partial charge is 0.341 e. The topological polar surface area (TPSA) is 83.2 Å². The summed E-state index contributed by atoms with van der Waals surface area (Å²) in [5, 5.41) is 0. The summed E-state index contributed by atoms with van der Waals surface area (Å²) in [5.74, 6) is 8.42. The molecule has 3 aliphatic rings. The molecular weight excluding hydrogens is 266 g/mol. The summed E-state index contributed by atoms with van der Waals surface area (Å²) in [6.45, 7) is 3.14. The van der Waals surface area contributed by atoms with Gasteiger partial charge in [0.1, 0.15) is 0 Å². The number of nitrogens with one attached hydrogen (secondary N) is 1. The fraction of sp³-hybridized carbons (Fsp3) is 0.786. The predicted octanol–water partition coefficient (Wildman–Crippen LogP) is 1.14. The first kappa shape index (κ1) is 13.1. The molecule has 7 heteroatoms. The van der Waals surface area contributed by atoms with Crippen molar-refractivity contribution in [1.82, 2.24) is 15.0 Å². The SMILES string of the molecule is NNc1nc(N2CCCC2)nc(N(CC2CC2)C2CC2)n1. The third-order valence-corrected chi connectivity index (χ3v) is 4.53. The van der Waals surface area contributed by atoms with Crippen molar-refractivity contribution >= 4 is 17.8 Å². The third-order valence-electron chi connectivity index (χ3n) is 4.53. The van der Waals surface area contributed by atoms with Crippen LogP contribution >= 0.6 is 0 Å². The molecule has 0 radical (unpaired) electrons. The zero-order valence-corrected chi connectivity index (χ0v) is 12.3. The molecule has 1 aromatic rings. The molecular formula is C14H23N7. The van der Waals surface area contributed by atoms with E-state index in [-0.39, 0.29) is 0 Å². The number of nitrogens with two attached hydrogens (primary N) is 1. The fourth-order valence-electron chi connectivity index (χ4n) is 2.96. The predicted molar refractivity (Wildman–Crippen MR) is 82.2 cm³/mol. The third kappa shape index (κ3) is 2.88. The van der Waals surface area contributed by atoms with Gasteiger partial charge in [-0.05, 0) is 44.4 Å². The monoisotopic (exact) mass is 289 g/mol. The molecule has 2 saturated carbocycles. The van der Waals surface area contributed by atoms with Gasteiger partial charge in [-0.1, -0.05) is 0 Å². The van der Waals surface area contributed by atoms with Crippen molar-refractivity contribution in [2.24, 2.45) is 11.8 Å². The molecule has 114 valence electrons. The van der Waals surface area contributed by atoms with Gasteiger partial charge in [0.2, 0.25) is 17.8 Å². The Morgan fingerprint density at radius 2 is 1.86 bits per heavy atom. The van der Waals surface area contributed by atoms with Crippen molar-refractivity contribution in [3.05, 3.63) is 0 Å². The van der Waals surface area contributed by atoms with Crippen LogP contribution in [0.3, 0.4) is 0 Å². The molecule has 4 rings (SSSR count). The fourth-order valence-corrected chi connectivity index (χ4v) is 2.96. The van der Waals surface area contributed by atoms with Crippen molar-refractivity contribution < 1.29 is 0 Å². The van der Waals surface area contributed by atoms with Crippen LogP contribution in [0.2, 0.25) is 0 Å². The quantitative estimate of drug-likeness (QED) is 0.600. The van der Waals surface area contributed by atoms with E-state index in [9.17, 15) is 0 Å². The lowest BCUT2D eigenvalue weighted by Crippen LogP contribution is -2.32. The zero-order valence-electron chi connectivity index (χ0n) is 12.3. The van der Waals surface area contributed by atoms with Gasteiger partial charge in [-0.3, -0.25) is 5.43 Å². The van der Waals surface area contributed by atoms with Gasteiger partial charge in [0.25, 0.3) is 0 Å². The van der Waals surface area contributed by atoms with E-state index in [4.69, 9.17) is 10.8 Å². The average molecular weight is 289 g/mol. The molecule has 3 fully saturated rings. The van der Waals surface area contributed by atoms with Crippen LogP contribution < -0.4 is 21.1 Å². The highest BCUT2D eigenvalue weighted by Crippen LogP contribution is 2.37. The minimum Gasteiger partial charge on any atom is -0.341 e. The molecule has 1 aliphatic heterocycles. The first-order valence-electron chi connectivity index (χ1n) is 8.08. The van der Waals surface area contributed by atoms with Gasteiger partial charge in [-0.15, -0.1) is 0 Å². The minimum absolute atomic E-state index is 0.475. The number of hydrazine groups is 1. The maximum atomic E-state index is 5.55. The molecule has 0 amide bonds. The molecule has 2 heterocycles. The highest BCUT2D eigenvalue weighted by atomic mass is 15.4. The molecule has 0 aromatic carbocycles. The Morgan fingerprint density at radius 3 is 2.48 bits per heavy atom. The smallest absolute Gasteiger partial charge is 0.243 e. The molecule has 7 nitrogen and oxygen atoms in total. The lowest BCUT2D eigenvalue weighted by molar-refractivity contribution is 0.692. The Labute approximate surface area is 124 Å². The Hall–Kier alpha value is -1.63. The lowest BCUT2D eigenvalue weighted by Gasteiger charge is -2.24. The molecule has 1 aromatic heterocycles. The van der Waals surface area contributed by atoms with Crippen molar-refractivity contribution in [1.29, 1.82) is 0 Å². The zero-order chi connectivity index (χ0) is 14.2. The second-order valence-corrected chi connectivity index (χ2v) is 6.42. The van der Waals surface area contributed by atoms with Crippen molar-refractivity contribution in [2.75, 3.05) is 34.9 Å². The van der Waals surface area contributed by atoms with Crippen LogP contribution in [0.15, 0.2) is 0 Å². The molecule has 1 saturated heterocycles. The molecule has 2 aliphatic carbocycles. The van der Waals surface area contributed by atoms with Gasteiger partial charge in [0.05, 0.1) is 0 Å². The Kier molecular flexibility index (Phi) is 3.29. The minimum atomic E-state index is 0.475. The standard InChI is InChI=1S/C14H23N7/c15-19-12-16-13(20-7-1-2-8-20)18-14(17-12)21(11-5-6-11)9-10-3-4-10/h10-11H,1-9,15H2,(H,16,17,18,19). The van der Waals surface area contributed by atoms with E-state index in [2.05, 4.69) is 25.2 Å². The summed E-state index contributed by atoms with van der Waals surface area (Å²) in [4.78, 5) is 18.3. The normalized spacial score (nSPS) is 21.7. The summed E-state index contributed by atoms with van der Waals surface area (Å²) in [6.07, 6.45) is 7.61. The highest BCUT2D eigenvalue weighted by molar-refractivity contribution is 5.46. The van der Waals surface area contributed by atoms with Gasteiger partial charge in [0, 0.05) is 25.7 Å². The van der Waals surface area contributed by atoms with E-state index in [1.54, 1.807) is 0 Å². The number of rotatable bonds is 6. The number of anilines is 3. The van der Waals surface area contributed by atoms with E-state index in [0.29, 0.717) is 12.0 Å². The first-order chi connectivity index (χ1) is 10.3. The Morgan fingerprint density at radius 1 is 1.10 bits per heavy atom. The summed E-state index contributed by atoms with van der Waals surface area (Å²) < 4.78 is 0. The van der Waals surface area contributed by atoms with Gasteiger partial charge < -0.3 is 9.80 Å². The Balaban J connectivity index is 1.63. The molecule has 21 heavy (non-hydrogen) atoms. The highest BCUT2D eigenvalue weighted by Gasteiger charge is 2.36. The van der Waals surface area contributed by atoms with E-state index in [1.807, 2.05) is 0 Å². The van der Waals surface area contributed by atoms with Crippen molar-refractivity contribution in [3.63, 3.8) is 0 Å². The number of hydrogen-bond acceptors (Lipinski definition) is 7. The lowest BCUT2D eigenvalue weighted by atomic mass is 10.3. The molecule has 0 unspecified atom stereocenters. The van der Waals surface area contributed by atoms with Crippen LogP contribution in [0.25, 0.3) is 0 Å². The van der Waals surface area contributed by atoms with Crippen LogP contribution in [-0.2, 0) is 0 Å². The van der Waals surface area contributed by atoms with Crippen molar-refractivity contribution in [2.45, 2.75) is 44.6 Å². The number of hydrogen-bond donors (Lipinski definition) is 2. The number of aromatic nitrogens is 3. The molecule has 0 atom stereocenters. The van der Waals surface area contributed by atoms with E-state index in [0.717, 1.165) is 37.4 Å². The van der Waals surface area contributed by atoms with Crippen LogP contribution in [0.1, 0.15) is 38.5 Å². The van der Waals surface area contributed by atoms with Crippen LogP contribution in [0, 0.1) is 5.92 Å². The van der Waals surface area contributed by atoms with Crippen LogP contribution in [0.4, 0.5) is 17.8 Å². The van der Waals surface area contributed by atoms with Gasteiger partial charge >= 0.3 is 0 Å². The number of nitrogen functional groups attached to an aromatic ring is 1.